The van der Waals surface area contributed by atoms with Crippen molar-refractivity contribution in [3.8, 4) is 17.5 Å². The summed E-state index contributed by atoms with van der Waals surface area (Å²) >= 11 is 6.09. The summed E-state index contributed by atoms with van der Waals surface area (Å²) in [5, 5.41) is 24.5. The van der Waals surface area contributed by atoms with Crippen LogP contribution in [0.5, 0.6) is 0 Å². The van der Waals surface area contributed by atoms with Crippen LogP contribution >= 0.6 is 11.6 Å². The molecule has 1 unspecified atom stereocenters. The Balaban J connectivity index is 1.69. The van der Waals surface area contributed by atoms with E-state index in [1.54, 1.807) is 19.1 Å². The zero-order chi connectivity index (χ0) is 16.4. The molecule has 1 atom stereocenters. The molecule has 0 radical (unpaired) electrons. The van der Waals surface area contributed by atoms with Crippen molar-refractivity contribution >= 4 is 17.5 Å². The second-order valence-electron chi connectivity index (χ2n) is 5.76. The summed E-state index contributed by atoms with van der Waals surface area (Å²) in [5.41, 5.74) is -0.177. The van der Waals surface area contributed by atoms with Crippen LogP contribution < -0.4 is 5.32 Å². The fourth-order valence-electron chi connectivity index (χ4n) is 2.40. The molecule has 1 fully saturated rings. The maximum Gasteiger partial charge on any atom is 0.244 e. The number of nitrogens with one attached hydrogen (secondary N) is 1. The van der Waals surface area contributed by atoms with Gasteiger partial charge in [-0.05, 0) is 43.0 Å². The van der Waals surface area contributed by atoms with Crippen molar-refractivity contribution < 1.29 is 4.79 Å². The Labute approximate surface area is 138 Å². The SMILES string of the molecule is CC(C#N)(NC(=O)Cn1nnc(-c2ccccc2Cl)n1)C1CC1. The Kier molecular flexibility index (Phi) is 4.01. The van der Waals surface area contributed by atoms with Gasteiger partial charge in [0, 0.05) is 5.56 Å². The number of aromatic nitrogens is 4. The molecule has 0 saturated heterocycles. The lowest BCUT2D eigenvalue weighted by Crippen LogP contribution is -2.48. The van der Waals surface area contributed by atoms with E-state index in [1.165, 1.54) is 4.80 Å². The van der Waals surface area contributed by atoms with Crippen LogP contribution in [0.1, 0.15) is 19.8 Å². The van der Waals surface area contributed by atoms with Crippen LogP contribution in [0.15, 0.2) is 24.3 Å². The molecule has 1 amide bonds. The van der Waals surface area contributed by atoms with Gasteiger partial charge in [-0.25, -0.2) is 0 Å². The van der Waals surface area contributed by atoms with Crippen LogP contribution in [-0.2, 0) is 11.3 Å². The van der Waals surface area contributed by atoms with Gasteiger partial charge >= 0.3 is 0 Å². The topological polar surface area (TPSA) is 96.5 Å². The van der Waals surface area contributed by atoms with E-state index in [4.69, 9.17) is 11.6 Å². The minimum absolute atomic E-state index is 0.0958. The highest BCUT2D eigenvalue weighted by Crippen LogP contribution is 2.39. The Morgan fingerprint density at radius 3 is 2.91 bits per heavy atom. The van der Waals surface area contributed by atoms with Gasteiger partial charge in [0.2, 0.25) is 11.7 Å². The minimum atomic E-state index is -0.830. The maximum absolute atomic E-state index is 12.1. The number of hydrogen-bond acceptors (Lipinski definition) is 5. The predicted molar refractivity (Wildman–Crippen MR) is 83.1 cm³/mol. The largest absolute Gasteiger partial charge is 0.336 e. The van der Waals surface area contributed by atoms with Crippen LogP contribution in [0.3, 0.4) is 0 Å². The van der Waals surface area contributed by atoms with Crippen LogP contribution in [0, 0.1) is 17.2 Å². The first-order valence-corrected chi connectivity index (χ1v) is 7.64. The molecule has 3 rings (SSSR count). The van der Waals surface area contributed by atoms with E-state index in [0.29, 0.717) is 16.4 Å². The Hall–Kier alpha value is -2.46. The summed E-state index contributed by atoms with van der Waals surface area (Å²) in [6.45, 7) is 1.65. The molecule has 1 aliphatic rings. The van der Waals surface area contributed by atoms with Crippen molar-refractivity contribution in [1.82, 2.24) is 25.5 Å². The highest BCUT2D eigenvalue weighted by Gasteiger charge is 2.43. The molecule has 1 saturated carbocycles. The molecule has 1 aromatic heterocycles. The number of tetrazole rings is 1. The molecule has 23 heavy (non-hydrogen) atoms. The van der Waals surface area contributed by atoms with E-state index in [-0.39, 0.29) is 18.4 Å². The first-order chi connectivity index (χ1) is 11.0. The first-order valence-electron chi connectivity index (χ1n) is 7.27. The number of nitrogens with zero attached hydrogens (tertiary/aromatic N) is 5. The van der Waals surface area contributed by atoms with Crippen molar-refractivity contribution in [1.29, 1.82) is 5.26 Å². The van der Waals surface area contributed by atoms with Gasteiger partial charge in [0.15, 0.2) is 0 Å². The molecule has 1 heterocycles. The fourth-order valence-corrected chi connectivity index (χ4v) is 2.62. The van der Waals surface area contributed by atoms with Crippen LogP contribution in [0.2, 0.25) is 5.02 Å². The summed E-state index contributed by atoms with van der Waals surface area (Å²) in [5.74, 6) is 0.261. The number of halogens is 1. The average molecular weight is 331 g/mol. The molecule has 0 bridgehead atoms. The number of rotatable bonds is 5. The van der Waals surface area contributed by atoms with Gasteiger partial charge in [0.05, 0.1) is 11.1 Å². The van der Waals surface area contributed by atoms with Crippen molar-refractivity contribution in [3.63, 3.8) is 0 Å². The lowest BCUT2D eigenvalue weighted by atomic mass is 9.98. The number of hydrogen-bond donors (Lipinski definition) is 1. The van der Waals surface area contributed by atoms with E-state index >= 15 is 0 Å². The number of amides is 1. The molecule has 0 spiro atoms. The molecule has 8 heteroatoms. The molecule has 118 valence electrons. The second kappa shape index (κ2) is 5.97. The normalized spacial score (nSPS) is 16.4. The van der Waals surface area contributed by atoms with Gasteiger partial charge in [0.1, 0.15) is 12.1 Å². The van der Waals surface area contributed by atoms with E-state index in [9.17, 15) is 10.1 Å². The zero-order valence-electron chi connectivity index (χ0n) is 12.5. The lowest BCUT2D eigenvalue weighted by molar-refractivity contribution is -0.123. The summed E-state index contributed by atoms with van der Waals surface area (Å²) in [6, 6.07) is 9.33. The van der Waals surface area contributed by atoms with Crippen LogP contribution in [0.4, 0.5) is 0 Å². The number of nitriles is 1. The molecular formula is C15H15ClN6O. The van der Waals surface area contributed by atoms with Crippen molar-refractivity contribution in [2.24, 2.45) is 5.92 Å². The monoisotopic (exact) mass is 330 g/mol. The van der Waals surface area contributed by atoms with Gasteiger partial charge in [-0.15, -0.1) is 10.2 Å². The van der Waals surface area contributed by atoms with E-state index in [0.717, 1.165) is 12.8 Å². The number of carbonyl (C=O) groups excluding carboxylic acids is 1. The Morgan fingerprint density at radius 1 is 1.52 bits per heavy atom. The van der Waals surface area contributed by atoms with Gasteiger partial charge < -0.3 is 5.32 Å². The number of benzene rings is 1. The second-order valence-corrected chi connectivity index (χ2v) is 6.17. The predicted octanol–water partition coefficient (Wildman–Crippen LogP) is 1.80. The van der Waals surface area contributed by atoms with E-state index < -0.39 is 5.54 Å². The average Bonchev–Trinajstić information content (AvgIpc) is 3.29. The van der Waals surface area contributed by atoms with Crippen LogP contribution in [0.25, 0.3) is 11.4 Å². The van der Waals surface area contributed by atoms with Crippen molar-refractivity contribution in [3.05, 3.63) is 29.3 Å². The standard InChI is InChI=1S/C15H15ClN6O/c1-15(9-17,10-6-7-10)18-13(23)8-22-20-14(19-21-22)11-4-2-3-5-12(11)16/h2-5,10H,6-8H2,1H3,(H,18,23). The molecule has 2 aromatic rings. The third-order valence-electron chi connectivity index (χ3n) is 3.88. The highest BCUT2D eigenvalue weighted by molar-refractivity contribution is 6.33. The van der Waals surface area contributed by atoms with Crippen molar-refractivity contribution in [2.75, 3.05) is 0 Å². The molecule has 7 nitrogen and oxygen atoms in total. The van der Waals surface area contributed by atoms with Gasteiger partial charge in [-0.3, -0.25) is 4.79 Å². The van der Waals surface area contributed by atoms with Gasteiger partial charge in [-0.2, -0.15) is 10.1 Å². The first kappa shape index (κ1) is 15.4. The van der Waals surface area contributed by atoms with E-state index in [1.807, 2.05) is 12.1 Å². The van der Waals surface area contributed by atoms with Gasteiger partial charge in [-0.1, -0.05) is 23.7 Å². The summed E-state index contributed by atoms with van der Waals surface area (Å²) in [6.07, 6.45) is 1.92. The van der Waals surface area contributed by atoms with Crippen LogP contribution in [-0.4, -0.2) is 31.7 Å². The minimum Gasteiger partial charge on any atom is -0.336 e. The maximum atomic E-state index is 12.1. The third-order valence-corrected chi connectivity index (χ3v) is 4.21. The Morgan fingerprint density at radius 2 is 2.26 bits per heavy atom. The van der Waals surface area contributed by atoms with Crippen molar-refractivity contribution in [2.45, 2.75) is 31.8 Å². The Bertz CT molecular complexity index is 778. The smallest absolute Gasteiger partial charge is 0.244 e. The van der Waals surface area contributed by atoms with E-state index in [2.05, 4.69) is 26.8 Å². The molecule has 1 aliphatic carbocycles. The molecule has 1 N–H and O–H groups in total. The highest BCUT2D eigenvalue weighted by atomic mass is 35.5. The number of carbonyl (C=O) groups is 1. The zero-order valence-corrected chi connectivity index (χ0v) is 13.3. The lowest BCUT2D eigenvalue weighted by Gasteiger charge is -2.22. The quantitative estimate of drug-likeness (QED) is 0.901. The summed E-state index contributed by atoms with van der Waals surface area (Å²) in [7, 11) is 0. The third kappa shape index (κ3) is 3.32. The van der Waals surface area contributed by atoms with Gasteiger partial charge in [0.25, 0.3) is 0 Å². The molecule has 1 aromatic carbocycles. The molecular weight excluding hydrogens is 316 g/mol. The molecule has 0 aliphatic heterocycles. The summed E-state index contributed by atoms with van der Waals surface area (Å²) < 4.78 is 0. The summed E-state index contributed by atoms with van der Waals surface area (Å²) in [4.78, 5) is 13.3. The fraction of sp³-hybridized carbons (Fsp3) is 0.400.